The molecule has 4 aromatic rings. The van der Waals surface area contributed by atoms with Gasteiger partial charge >= 0.3 is 0 Å². The van der Waals surface area contributed by atoms with Crippen LogP contribution in [0.4, 0.5) is 0 Å². The van der Waals surface area contributed by atoms with E-state index in [1.807, 2.05) is 115 Å². The fourth-order valence-corrected chi connectivity index (χ4v) is 5.87. The van der Waals surface area contributed by atoms with Gasteiger partial charge in [0.1, 0.15) is 6.04 Å². The van der Waals surface area contributed by atoms with Crippen molar-refractivity contribution >= 4 is 29.5 Å². The Balaban J connectivity index is 1.82. The van der Waals surface area contributed by atoms with Gasteiger partial charge in [-0.25, -0.2) is 5.09 Å². The Morgan fingerprint density at radius 2 is 1.26 bits per heavy atom. The molecular weight excluding hydrogens is 421 g/mol. The van der Waals surface area contributed by atoms with Crippen LogP contribution in [-0.4, -0.2) is 0 Å². The Hall–Kier alpha value is -3.08. The summed E-state index contributed by atoms with van der Waals surface area (Å²) in [6.07, 6.45) is 0. The zero-order chi connectivity index (χ0) is 21.5. The van der Waals surface area contributed by atoms with Gasteiger partial charge in [0.05, 0.1) is 0 Å². The molecule has 31 heavy (non-hydrogen) atoms. The average Bonchev–Trinajstić information content (AvgIpc) is 2.83. The monoisotopic (exact) mass is 441 g/mol. The Kier molecular flexibility index (Phi) is 6.70. The highest BCUT2D eigenvalue weighted by atomic mass is 35.5. The Bertz CT molecular complexity index is 1200. The summed E-state index contributed by atoms with van der Waals surface area (Å²) in [5.74, 6) is 6.49. The van der Waals surface area contributed by atoms with Crippen molar-refractivity contribution in [2.24, 2.45) is 0 Å². The molecule has 4 heteroatoms. The highest BCUT2D eigenvalue weighted by Gasteiger charge is 2.30. The molecule has 0 aliphatic rings. The summed E-state index contributed by atoms with van der Waals surface area (Å²) in [5, 5.41) is 5.47. The van der Waals surface area contributed by atoms with Gasteiger partial charge in [0.2, 0.25) is 7.29 Å². The van der Waals surface area contributed by atoms with Crippen molar-refractivity contribution in [3.63, 3.8) is 0 Å². The molecule has 152 valence electrons. The highest BCUT2D eigenvalue weighted by molar-refractivity contribution is 7.76. The third-order valence-electron chi connectivity index (χ3n) is 4.87. The topological polar surface area (TPSA) is 29.1 Å². The Labute approximate surface area is 188 Å². The number of rotatable bonds is 5. The van der Waals surface area contributed by atoms with Crippen molar-refractivity contribution in [3.05, 3.63) is 131 Å². The maximum atomic E-state index is 14.5. The molecule has 4 rings (SSSR count). The van der Waals surface area contributed by atoms with Crippen LogP contribution in [0.15, 0.2) is 115 Å². The molecule has 4 aromatic carbocycles. The van der Waals surface area contributed by atoms with Crippen LogP contribution in [-0.2, 0) is 4.57 Å². The van der Waals surface area contributed by atoms with Crippen LogP contribution < -0.4 is 15.7 Å². The summed E-state index contributed by atoms with van der Waals surface area (Å²) >= 11 is 6.27. The lowest BCUT2D eigenvalue weighted by Crippen LogP contribution is -2.30. The molecule has 0 saturated carbocycles. The third kappa shape index (κ3) is 5.16. The second-order valence-electron chi connectivity index (χ2n) is 7.03. The summed E-state index contributed by atoms with van der Waals surface area (Å²) in [6, 6.07) is 35.8. The normalized spacial score (nSPS) is 11.9. The maximum absolute atomic E-state index is 14.5. The van der Waals surface area contributed by atoms with Crippen molar-refractivity contribution in [1.82, 2.24) is 5.09 Å². The largest absolute Gasteiger partial charge is 0.296 e. The lowest BCUT2D eigenvalue weighted by molar-refractivity contribution is 0.574. The van der Waals surface area contributed by atoms with Gasteiger partial charge in [-0.15, -0.1) is 0 Å². The predicted octanol–water partition coefficient (Wildman–Crippen LogP) is 5.95. The minimum Gasteiger partial charge on any atom is -0.296 e. The number of nitrogens with one attached hydrogen (secondary N) is 1. The van der Waals surface area contributed by atoms with Gasteiger partial charge in [-0.3, -0.25) is 4.57 Å². The molecule has 0 fully saturated rings. The van der Waals surface area contributed by atoms with Gasteiger partial charge in [0.25, 0.3) is 0 Å². The number of halogens is 1. The first-order chi connectivity index (χ1) is 15.1. The standard InChI is InChI=1S/C27H21ClNOP/c28-24-14-10-13-23(21-24)27(20-19-22-11-4-1-5-12-22)29-31(30,25-15-6-2-7-16-25)26-17-8-3-9-18-26/h1-18,21,27H,(H,29,30). The van der Waals surface area contributed by atoms with Crippen molar-refractivity contribution in [2.75, 3.05) is 0 Å². The van der Waals surface area contributed by atoms with Crippen molar-refractivity contribution in [3.8, 4) is 11.8 Å². The molecule has 0 amide bonds. The van der Waals surface area contributed by atoms with E-state index in [1.54, 1.807) is 0 Å². The SMILES string of the molecule is O=P(NC(C#Cc1ccccc1)c1cccc(Cl)c1)(c1ccccc1)c1ccccc1. The van der Waals surface area contributed by atoms with Crippen molar-refractivity contribution in [2.45, 2.75) is 6.04 Å². The molecular formula is C27H21ClNOP. The number of hydrogen-bond donors (Lipinski definition) is 1. The molecule has 1 unspecified atom stereocenters. The first kappa shape index (κ1) is 21.2. The molecule has 0 heterocycles. The lowest BCUT2D eigenvalue weighted by Gasteiger charge is -2.24. The third-order valence-corrected chi connectivity index (χ3v) is 7.77. The second kappa shape index (κ2) is 9.82. The van der Waals surface area contributed by atoms with Crippen LogP contribution in [0.2, 0.25) is 5.02 Å². The molecule has 0 aliphatic carbocycles. The van der Waals surface area contributed by atoms with Gasteiger partial charge < -0.3 is 0 Å². The molecule has 0 bridgehead atoms. The molecule has 2 nitrogen and oxygen atoms in total. The van der Waals surface area contributed by atoms with Crippen molar-refractivity contribution in [1.29, 1.82) is 0 Å². The quantitative estimate of drug-likeness (QED) is 0.306. The van der Waals surface area contributed by atoms with Gasteiger partial charge in [-0.05, 0) is 54.1 Å². The van der Waals surface area contributed by atoms with Gasteiger partial charge in [0, 0.05) is 21.2 Å². The first-order valence-corrected chi connectivity index (χ1v) is 12.0. The fraction of sp³-hybridized carbons (Fsp3) is 0.0370. The predicted molar refractivity (Wildman–Crippen MR) is 130 cm³/mol. The number of benzene rings is 4. The summed E-state index contributed by atoms with van der Waals surface area (Å²) < 4.78 is 14.5. The van der Waals surface area contributed by atoms with E-state index in [0.717, 1.165) is 21.7 Å². The maximum Gasteiger partial charge on any atom is 0.205 e. The van der Waals surface area contributed by atoms with Crippen LogP contribution in [0, 0.1) is 11.8 Å². The van der Waals surface area contributed by atoms with E-state index in [2.05, 4.69) is 16.9 Å². The lowest BCUT2D eigenvalue weighted by atomic mass is 10.1. The van der Waals surface area contributed by atoms with E-state index in [9.17, 15) is 4.57 Å². The van der Waals surface area contributed by atoms with Crippen LogP contribution in [0.1, 0.15) is 17.2 Å². The summed E-state index contributed by atoms with van der Waals surface area (Å²) in [5.41, 5.74) is 1.76. The van der Waals surface area contributed by atoms with E-state index < -0.39 is 13.3 Å². The second-order valence-corrected chi connectivity index (χ2v) is 9.98. The van der Waals surface area contributed by atoms with E-state index in [1.165, 1.54) is 0 Å². The molecule has 0 spiro atoms. The molecule has 0 radical (unpaired) electrons. The highest BCUT2D eigenvalue weighted by Crippen LogP contribution is 2.41. The van der Waals surface area contributed by atoms with E-state index in [4.69, 9.17) is 11.6 Å². The number of hydrogen-bond acceptors (Lipinski definition) is 1. The molecule has 1 atom stereocenters. The minimum atomic E-state index is -3.18. The van der Waals surface area contributed by atoms with E-state index >= 15 is 0 Å². The minimum absolute atomic E-state index is 0.481. The summed E-state index contributed by atoms with van der Waals surface area (Å²) in [4.78, 5) is 0. The summed E-state index contributed by atoms with van der Waals surface area (Å²) in [7, 11) is -3.18. The Morgan fingerprint density at radius 1 is 0.710 bits per heavy atom. The van der Waals surface area contributed by atoms with Crippen LogP contribution in [0.3, 0.4) is 0 Å². The molecule has 0 aromatic heterocycles. The van der Waals surface area contributed by atoms with Crippen molar-refractivity contribution < 1.29 is 4.57 Å². The van der Waals surface area contributed by atoms with Crippen LogP contribution >= 0.6 is 18.9 Å². The van der Waals surface area contributed by atoms with E-state index in [0.29, 0.717) is 5.02 Å². The van der Waals surface area contributed by atoms with E-state index in [-0.39, 0.29) is 0 Å². The fourth-order valence-electron chi connectivity index (χ4n) is 3.31. The first-order valence-electron chi connectivity index (χ1n) is 9.96. The zero-order valence-electron chi connectivity index (χ0n) is 16.8. The Morgan fingerprint density at radius 3 is 1.81 bits per heavy atom. The molecule has 0 saturated heterocycles. The summed E-state index contributed by atoms with van der Waals surface area (Å²) in [6.45, 7) is 0. The molecule has 1 N–H and O–H groups in total. The van der Waals surface area contributed by atoms with Gasteiger partial charge in [-0.1, -0.05) is 90.2 Å². The van der Waals surface area contributed by atoms with Crippen LogP contribution in [0.25, 0.3) is 0 Å². The van der Waals surface area contributed by atoms with Gasteiger partial charge in [-0.2, -0.15) is 0 Å². The van der Waals surface area contributed by atoms with Gasteiger partial charge in [0.15, 0.2) is 0 Å². The smallest absolute Gasteiger partial charge is 0.205 e. The average molecular weight is 442 g/mol. The van der Waals surface area contributed by atoms with Crippen LogP contribution in [0.5, 0.6) is 0 Å². The zero-order valence-corrected chi connectivity index (χ0v) is 18.4. The molecule has 0 aliphatic heterocycles.